The Morgan fingerprint density at radius 2 is 1.90 bits per heavy atom. The first-order valence-corrected chi connectivity index (χ1v) is 7.43. The number of nitrogens with zero attached hydrogens (tertiary/aromatic N) is 1. The maximum atomic E-state index is 12.3. The Balaban J connectivity index is 2.20. The molecule has 0 aliphatic carbocycles. The Morgan fingerprint density at radius 3 is 2.55 bits per heavy atom. The van der Waals surface area contributed by atoms with Crippen molar-refractivity contribution in [2.24, 2.45) is 0 Å². The number of carbonyl (C=O) groups is 1. The summed E-state index contributed by atoms with van der Waals surface area (Å²) in [5, 5.41) is -0.688. The van der Waals surface area contributed by atoms with Gasteiger partial charge in [-0.05, 0) is 31.5 Å². The zero-order valence-corrected chi connectivity index (χ0v) is 12.7. The van der Waals surface area contributed by atoms with E-state index in [9.17, 15) is 4.79 Å². The van der Waals surface area contributed by atoms with E-state index in [2.05, 4.69) is 0 Å². The maximum Gasteiger partial charge on any atom is 0.245 e. The van der Waals surface area contributed by atoms with Crippen molar-refractivity contribution in [3.05, 3.63) is 23.8 Å². The van der Waals surface area contributed by atoms with Crippen molar-refractivity contribution in [3.63, 3.8) is 0 Å². The van der Waals surface area contributed by atoms with Crippen LogP contribution in [0.2, 0.25) is 0 Å². The van der Waals surface area contributed by atoms with Crippen molar-refractivity contribution in [1.29, 1.82) is 0 Å². The van der Waals surface area contributed by atoms with E-state index in [1.54, 1.807) is 11.0 Å². The number of hydrogen-bond donors (Lipinski definition) is 0. The molecule has 20 heavy (non-hydrogen) atoms. The first-order valence-electron chi connectivity index (χ1n) is 6.99. The molecule has 1 aliphatic rings. The second-order valence-corrected chi connectivity index (χ2v) is 5.07. The third-order valence-electron chi connectivity index (χ3n) is 3.36. The summed E-state index contributed by atoms with van der Waals surface area (Å²) in [6, 6.07) is 5.45. The van der Waals surface area contributed by atoms with Crippen molar-refractivity contribution >= 4 is 17.5 Å². The molecule has 110 valence electrons. The van der Waals surface area contributed by atoms with Gasteiger partial charge in [-0.2, -0.15) is 0 Å². The summed E-state index contributed by atoms with van der Waals surface area (Å²) in [4.78, 5) is 14.0. The van der Waals surface area contributed by atoms with Crippen molar-refractivity contribution in [1.82, 2.24) is 4.90 Å². The summed E-state index contributed by atoms with van der Waals surface area (Å²) in [6.45, 7) is 6.46. The summed E-state index contributed by atoms with van der Waals surface area (Å²) in [5.74, 6) is 1.30. The largest absolute Gasteiger partial charge is 0.490 e. The average molecular weight is 298 g/mol. The van der Waals surface area contributed by atoms with Crippen LogP contribution in [-0.2, 0) is 4.79 Å². The molecule has 1 aliphatic heterocycles. The van der Waals surface area contributed by atoms with E-state index in [0.717, 1.165) is 12.0 Å². The molecular weight excluding hydrogens is 278 g/mol. The van der Waals surface area contributed by atoms with Gasteiger partial charge < -0.3 is 14.4 Å². The van der Waals surface area contributed by atoms with E-state index in [1.165, 1.54) is 0 Å². The third-order valence-corrected chi connectivity index (χ3v) is 3.79. The van der Waals surface area contributed by atoms with Gasteiger partial charge in [-0.1, -0.05) is 6.07 Å². The highest BCUT2D eigenvalue weighted by molar-refractivity contribution is 6.30. The van der Waals surface area contributed by atoms with Crippen molar-refractivity contribution in [2.75, 3.05) is 26.3 Å². The molecule has 0 spiro atoms. The molecule has 0 saturated carbocycles. The smallest absolute Gasteiger partial charge is 0.245 e. The number of amides is 1. The second kappa shape index (κ2) is 6.84. The van der Waals surface area contributed by atoms with Gasteiger partial charge in [-0.3, -0.25) is 4.79 Å². The molecule has 0 saturated heterocycles. The SMILES string of the molecule is CCN(CC)C(=O)C(Cl)c1ccc2c(c1)OCCCO2. The average Bonchev–Trinajstić information content (AvgIpc) is 2.72. The predicted octanol–water partition coefficient (Wildman–Crippen LogP) is 3.00. The Labute approximate surface area is 124 Å². The van der Waals surface area contributed by atoms with Crippen molar-refractivity contribution in [3.8, 4) is 11.5 Å². The summed E-state index contributed by atoms with van der Waals surface area (Å²) < 4.78 is 11.2. The fourth-order valence-corrected chi connectivity index (χ4v) is 2.45. The lowest BCUT2D eigenvalue weighted by Gasteiger charge is -2.22. The van der Waals surface area contributed by atoms with Gasteiger partial charge in [-0.25, -0.2) is 0 Å². The zero-order chi connectivity index (χ0) is 14.5. The summed E-state index contributed by atoms with van der Waals surface area (Å²) in [5.41, 5.74) is 0.743. The van der Waals surface area contributed by atoms with Crippen LogP contribution in [0.1, 0.15) is 31.2 Å². The summed E-state index contributed by atoms with van der Waals surface area (Å²) >= 11 is 6.30. The molecule has 0 aromatic heterocycles. The zero-order valence-electron chi connectivity index (χ0n) is 11.9. The number of halogens is 1. The minimum atomic E-state index is -0.688. The van der Waals surface area contributed by atoms with Crippen LogP contribution in [-0.4, -0.2) is 37.1 Å². The number of likely N-dealkylation sites (N-methyl/N-ethyl adjacent to an activating group) is 1. The van der Waals surface area contributed by atoms with Gasteiger partial charge >= 0.3 is 0 Å². The molecule has 0 bridgehead atoms. The fourth-order valence-electron chi connectivity index (χ4n) is 2.18. The third kappa shape index (κ3) is 3.18. The highest BCUT2D eigenvalue weighted by Gasteiger charge is 2.23. The Morgan fingerprint density at radius 1 is 1.25 bits per heavy atom. The lowest BCUT2D eigenvalue weighted by molar-refractivity contribution is -0.130. The molecular formula is C15H20ClNO3. The van der Waals surface area contributed by atoms with E-state index in [4.69, 9.17) is 21.1 Å². The van der Waals surface area contributed by atoms with Crippen LogP contribution in [0.3, 0.4) is 0 Å². The molecule has 0 radical (unpaired) electrons. The Bertz CT molecular complexity index is 474. The molecule has 1 atom stereocenters. The van der Waals surface area contributed by atoms with Crippen LogP contribution in [0, 0.1) is 0 Å². The first-order chi connectivity index (χ1) is 9.67. The van der Waals surface area contributed by atoms with Gasteiger partial charge in [0.05, 0.1) is 13.2 Å². The van der Waals surface area contributed by atoms with Gasteiger partial charge in [-0.15, -0.1) is 11.6 Å². The van der Waals surface area contributed by atoms with Crippen LogP contribution in [0.25, 0.3) is 0 Å². The number of carbonyl (C=O) groups excluding carboxylic acids is 1. The quantitative estimate of drug-likeness (QED) is 0.802. The van der Waals surface area contributed by atoms with E-state index in [0.29, 0.717) is 37.8 Å². The van der Waals surface area contributed by atoms with Crippen LogP contribution in [0.5, 0.6) is 11.5 Å². The molecule has 1 unspecified atom stereocenters. The van der Waals surface area contributed by atoms with Crippen LogP contribution >= 0.6 is 11.6 Å². The maximum absolute atomic E-state index is 12.3. The van der Waals surface area contributed by atoms with Gasteiger partial charge in [0.1, 0.15) is 5.38 Å². The van der Waals surface area contributed by atoms with Gasteiger partial charge in [0, 0.05) is 19.5 Å². The molecule has 0 N–H and O–H groups in total. The molecule has 4 nitrogen and oxygen atoms in total. The van der Waals surface area contributed by atoms with Gasteiger partial charge in [0.2, 0.25) is 5.91 Å². The molecule has 0 fully saturated rings. The highest BCUT2D eigenvalue weighted by atomic mass is 35.5. The van der Waals surface area contributed by atoms with Crippen LogP contribution < -0.4 is 9.47 Å². The molecule has 2 rings (SSSR count). The van der Waals surface area contributed by atoms with E-state index in [-0.39, 0.29) is 5.91 Å². The number of rotatable bonds is 4. The number of benzene rings is 1. The van der Waals surface area contributed by atoms with E-state index >= 15 is 0 Å². The van der Waals surface area contributed by atoms with E-state index < -0.39 is 5.38 Å². The molecule has 1 heterocycles. The number of fused-ring (bicyclic) bond motifs is 1. The Hall–Kier alpha value is -1.42. The van der Waals surface area contributed by atoms with E-state index in [1.807, 2.05) is 26.0 Å². The fraction of sp³-hybridized carbons (Fsp3) is 0.533. The Kier molecular flexibility index (Phi) is 5.12. The first kappa shape index (κ1) is 15.0. The van der Waals surface area contributed by atoms with Crippen molar-refractivity contribution < 1.29 is 14.3 Å². The summed E-state index contributed by atoms with van der Waals surface area (Å²) in [6.07, 6.45) is 0.854. The van der Waals surface area contributed by atoms with Gasteiger partial charge in [0.25, 0.3) is 0 Å². The molecule has 5 heteroatoms. The highest BCUT2D eigenvalue weighted by Crippen LogP contribution is 2.34. The summed E-state index contributed by atoms with van der Waals surface area (Å²) in [7, 11) is 0. The molecule has 1 amide bonds. The minimum Gasteiger partial charge on any atom is -0.490 e. The topological polar surface area (TPSA) is 38.8 Å². The predicted molar refractivity (Wildman–Crippen MR) is 78.6 cm³/mol. The number of ether oxygens (including phenoxy) is 2. The lowest BCUT2D eigenvalue weighted by Crippen LogP contribution is -2.33. The van der Waals surface area contributed by atoms with Gasteiger partial charge in [0.15, 0.2) is 11.5 Å². The second-order valence-electron chi connectivity index (χ2n) is 4.63. The normalized spacial score (nSPS) is 15.3. The molecule has 1 aromatic carbocycles. The lowest BCUT2D eigenvalue weighted by atomic mass is 10.1. The van der Waals surface area contributed by atoms with Crippen LogP contribution in [0.4, 0.5) is 0 Å². The molecule has 1 aromatic rings. The number of alkyl halides is 1. The monoisotopic (exact) mass is 297 g/mol. The van der Waals surface area contributed by atoms with Crippen molar-refractivity contribution in [2.45, 2.75) is 25.6 Å². The number of hydrogen-bond acceptors (Lipinski definition) is 3. The minimum absolute atomic E-state index is 0.0776. The standard InChI is InChI=1S/C15H20ClNO3/c1-3-17(4-2)15(18)14(16)11-6-7-12-13(10-11)20-9-5-8-19-12/h6-7,10,14H,3-5,8-9H2,1-2H3. The van der Waals surface area contributed by atoms with Crippen LogP contribution in [0.15, 0.2) is 18.2 Å².